The second kappa shape index (κ2) is 25.8. The quantitative estimate of drug-likeness (QED) is 0.0304. The van der Waals surface area contributed by atoms with Crippen LogP contribution in [0.5, 0.6) is 28.7 Å². The first-order chi connectivity index (χ1) is 42.4. The maximum absolute atomic E-state index is 14.0. The Bertz CT molecular complexity index is 3350. The van der Waals surface area contributed by atoms with Crippen molar-refractivity contribution in [3.63, 3.8) is 0 Å². The monoisotopic (exact) mass is 1230 g/mol. The van der Waals surface area contributed by atoms with Crippen LogP contribution in [0.15, 0.2) is 72.8 Å². The van der Waals surface area contributed by atoms with Gasteiger partial charge in [-0.25, -0.2) is 0 Å². The number of aryl methyl sites for hydroxylation is 1. The minimum atomic E-state index is -1.48. The van der Waals surface area contributed by atoms with E-state index in [1.54, 1.807) is 19.1 Å². The molecular formula is C67H82ClN5O15. The van der Waals surface area contributed by atoms with E-state index in [1.165, 1.54) is 26.2 Å². The summed E-state index contributed by atoms with van der Waals surface area (Å²) in [6, 6.07) is 23.7. The lowest BCUT2D eigenvalue weighted by Crippen LogP contribution is -2.63. The molecule has 0 spiro atoms. The molecule has 2 saturated carbocycles. The summed E-state index contributed by atoms with van der Waals surface area (Å²) in [7, 11) is 3.02. The lowest BCUT2D eigenvalue weighted by atomic mass is 9.66. The van der Waals surface area contributed by atoms with Gasteiger partial charge in [-0.15, -0.1) is 0 Å². The number of nitrogens with zero attached hydrogens (tertiary/aromatic N) is 2. The summed E-state index contributed by atoms with van der Waals surface area (Å²) in [5, 5.41) is 38.1. The highest BCUT2D eigenvalue weighted by molar-refractivity contribution is 6.31. The Balaban J connectivity index is 0.599. The van der Waals surface area contributed by atoms with E-state index in [9.17, 15) is 24.6 Å². The number of aliphatic hydroxyl groups is 2. The van der Waals surface area contributed by atoms with E-state index in [4.69, 9.17) is 64.1 Å². The molecule has 7 aliphatic rings. The van der Waals surface area contributed by atoms with Gasteiger partial charge in [0.2, 0.25) is 18.4 Å². The SMILES string of the molecule is COc1cc([C@@H]2c3cc4c(cc3[C@@H](O[C@H]3O[C@@H]5CO[C@@H](C)O[C@H]5[C@H](O)[C@H]3O)[C@H]3COC(=O)[C@H]23)OCO4)cc(OC)c1OCCC(=O)NCCCCCCNCc1ccc(Cn2nc(C(=O)NC3C4(C)CCC(C4)C3(C)C)cc2-c2ccc(Cl)c(C)c2)cc1. The molecule has 20 nitrogen and oxygen atoms in total. The van der Waals surface area contributed by atoms with Crippen molar-refractivity contribution in [3.05, 3.63) is 117 Å². The summed E-state index contributed by atoms with van der Waals surface area (Å²) in [5.41, 5.74) is 7.60. The average Bonchev–Trinajstić information content (AvgIpc) is 1.61. The van der Waals surface area contributed by atoms with Crippen LogP contribution in [0, 0.1) is 35.5 Å². The standard InChI is InChI=1S/C67H82ClN5O15/c1-36-24-40(16-17-46(36)68)48-29-47(62(77)71-65-66(3,4)42-18-20-67(65,5)30-42)72-73(48)32-39-14-12-38(13-15-39)31-69-21-10-8-9-11-22-70-54(74)19-23-81-60-51(79-6)25-41(26-52(60)80-7)55-43-27-49-50(85-35-84-49)28-44(43)59(45-33-83-63(78)56(45)55)88-64-58(76)57(75)61-53(87-64)34-82-37(2)86-61/h12-17,24-29,37,42,45,53,55-59,61,64-65,69,75-76H,8-11,18-23,30-35H2,1-7H3,(H,70,74)(H,71,77)/t37-,42?,45+,53-,55-,56+,57-,58-,59-,61-,64-,65?,67?/m1/s1. The fraction of sp³-hybridized carbons (Fsp3) is 0.552. The van der Waals surface area contributed by atoms with Crippen LogP contribution in [0.25, 0.3) is 11.3 Å². The van der Waals surface area contributed by atoms with Gasteiger partial charge in [0.05, 0.1) is 64.7 Å². The number of hydrogen-bond acceptors (Lipinski definition) is 17. The molecule has 4 aliphatic heterocycles. The summed E-state index contributed by atoms with van der Waals surface area (Å²) in [5.74, 6) is -0.105. The first kappa shape index (κ1) is 61.7. The maximum atomic E-state index is 14.0. The highest BCUT2D eigenvalue weighted by atomic mass is 35.5. The minimum absolute atomic E-state index is 0.00110. The first-order valence-corrected chi connectivity index (χ1v) is 31.4. The molecule has 5 heterocycles. The van der Waals surface area contributed by atoms with Gasteiger partial charge in [0.15, 0.2) is 41.3 Å². The van der Waals surface area contributed by atoms with Crippen LogP contribution in [0.3, 0.4) is 0 Å². The van der Waals surface area contributed by atoms with Crippen LogP contribution in [0.4, 0.5) is 0 Å². The van der Waals surface area contributed by atoms with E-state index in [0.717, 1.165) is 74.0 Å². The molecule has 3 saturated heterocycles. The third-order valence-electron chi connectivity index (χ3n) is 19.6. The van der Waals surface area contributed by atoms with Gasteiger partial charge in [-0.05, 0) is 145 Å². The number of fused-ring (bicyclic) bond motifs is 6. The number of rotatable bonds is 23. The number of hydrogen-bond donors (Lipinski definition) is 5. The molecule has 4 aromatic carbocycles. The smallest absolute Gasteiger partial charge is 0.310 e. The molecule has 2 amide bonds. The Morgan fingerprint density at radius 2 is 1.58 bits per heavy atom. The van der Waals surface area contributed by atoms with Crippen molar-refractivity contribution < 1.29 is 72.0 Å². The van der Waals surface area contributed by atoms with E-state index in [2.05, 4.69) is 61.0 Å². The number of benzene rings is 4. The van der Waals surface area contributed by atoms with Gasteiger partial charge in [-0.3, -0.25) is 19.1 Å². The normalized spacial score (nSPS) is 28.8. The number of ether oxygens (including phenoxy) is 10. The highest BCUT2D eigenvalue weighted by Crippen LogP contribution is 2.63. The van der Waals surface area contributed by atoms with Crippen LogP contribution < -0.4 is 39.6 Å². The van der Waals surface area contributed by atoms with Gasteiger partial charge in [0.25, 0.3) is 5.91 Å². The molecule has 472 valence electrons. The lowest BCUT2D eigenvalue weighted by molar-refractivity contribution is -0.364. The van der Waals surface area contributed by atoms with Crippen LogP contribution in [0.1, 0.15) is 135 Å². The van der Waals surface area contributed by atoms with Crippen molar-refractivity contribution in [2.75, 3.05) is 53.9 Å². The van der Waals surface area contributed by atoms with Crippen molar-refractivity contribution >= 4 is 29.4 Å². The number of aromatic nitrogens is 2. The van der Waals surface area contributed by atoms with E-state index in [-0.39, 0.29) is 61.7 Å². The molecule has 13 atom stereocenters. The predicted molar refractivity (Wildman–Crippen MR) is 323 cm³/mol. The van der Waals surface area contributed by atoms with Crippen LogP contribution in [-0.4, -0.2) is 135 Å². The topological polar surface area (TPSA) is 238 Å². The van der Waals surface area contributed by atoms with Gasteiger partial charge < -0.3 is 73.5 Å². The number of methoxy groups -OCH3 is 2. The molecule has 12 rings (SSSR count). The number of halogens is 1. The van der Waals surface area contributed by atoms with E-state index in [0.29, 0.717) is 75.2 Å². The van der Waals surface area contributed by atoms with Crippen LogP contribution in [-0.2, 0) is 46.4 Å². The molecule has 88 heavy (non-hydrogen) atoms. The third kappa shape index (κ3) is 12.3. The third-order valence-corrected chi connectivity index (χ3v) is 20.0. The molecule has 21 heteroatoms. The molecule has 3 unspecified atom stereocenters. The summed E-state index contributed by atoms with van der Waals surface area (Å²) in [6.45, 7) is 13.5. The van der Waals surface area contributed by atoms with Crippen LogP contribution >= 0.6 is 11.6 Å². The van der Waals surface area contributed by atoms with Gasteiger partial charge in [0, 0.05) is 41.6 Å². The van der Waals surface area contributed by atoms with Gasteiger partial charge >= 0.3 is 5.97 Å². The fourth-order valence-electron chi connectivity index (χ4n) is 14.9. The number of esters is 1. The fourth-order valence-corrected chi connectivity index (χ4v) is 15.0. The summed E-state index contributed by atoms with van der Waals surface area (Å²) in [4.78, 5) is 40.9. The van der Waals surface area contributed by atoms with Crippen molar-refractivity contribution in [2.24, 2.45) is 28.6 Å². The van der Waals surface area contributed by atoms with Gasteiger partial charge in [-0.2, -0.15) is 5.10 Å². The van der Waals surface area contributed by atoms with Crippen molar-refractivity contribution in [2.45, 2.75) is 154 Å². The zero-order valence-electron chi connectivity index (χ0n) is 51.1. The van der Waals surface area contributed by atoms with Crippen molar-refractivity contribution in [1.29, 1.82) is 0 Å². The van der Waals surface area contributed by atoms with Crippen molar-refractivity contribution in [1.82, 2.24) is 25.7 Å². The number of carbonyl (C=O) groups is 3. The van der Waals surface area contributed by atoms with Gasteiger partial charge in [-0.1, -0.05) is 75.5 Å². The minimum Gasteiger partial charge on any atom is -0.493 e. The molecule has 3 aliphatic carbocycles. The molecule has 5 fully saturated rings. The Hall–Kier alpha value is -6.49. The van der Waals surface area contributed by atoms with Crippen LogP contribution in [0.2, 0.25) is 5.02 Å². The highest BCUT2D eigenvalue weighted by Gasteiger charge is 2.60. The largest absolute Gasteiger partial charge is 0.493 e. The summed E-state index contributed by atoms with van der Waals surface area (Å²) >= 11 is 6.43. The number of amides is 2. The number of aliphatic hydroxyl groups excluding tert-OH is 2. The Labute approximate surface area is 518 Å². The summed E-state index contributed by atoms with van der Waals surface area (Å²) < 4.78 is 61.6. The Morgan fingerprint density at radius 1 is 0.852 bits per heavy atom. The molecule has 1 aromatic heterocycles. The number of nitrogens with one attached hydrogen (secondary N) is 3. The maximum Gasteiger partial charge on any atom is 0.310 e. The summed E-state index contributed by atoms with van der Waals surface area (Å²) in [6.07, 6.45) is 0.370. The zero-order chi connectivity index (χ0) is 61.6. The number of cyclic esters (lactones) is 1. The van der Waals surface area contributed by atoms with Crippen molar-refractivity contribution in [3.8, 4) is 40.0 Å². The average molecular weight is 1230 g/mol. The molecule has 2 bridgehead atoms. The van der Waals surface area contributed by atoms with Gasteiger partial charge in [0.1, 0.15) is 24.4 Å². The van der Waals surface area contributed by atoms with E-state index in [1.807, 2.05) is 48.0 Å². The Kier molecular flexibility index (Phi) is 18.1. The molecule has 0 radical (unpaired) electrons. The number of carbonyl (C=O) groups excluding carboxylic acids is 3. The first-order valence-electron chi connectivity index (χ1n) is 31.0. The van der Waals surface area contributed by atoms with E-state index >= 15 is 0 Å². The Morgan fingerprint density at radius 3 is 2.30 bits per heavy atom. The second-order valence-electron chi connectivity index (χ2n) is 25.7. The predicted octanol–water partition coefficient (Wildman–Crippen LogP) is 8.69. The number of unbranched alkanes of at least 4 members (excludes halogenated alkanes) is 3. The molecule has 5 N–H and O–H groups in total. The zero-order valence-corrected chi connectivity index (χ0v) is 51.9. The second-order valence-corrected chi connectivity index (χ2v) is 26.1. The molecular weight excluding hydrogens is 1150 g/mol. The molecule has 5 aromatic rings. The van der Waals surface area contributed by atoms with E-state index < -0.39 is 66.8 Å². The lowest BCUT2D eigenvalue weighted by Gasteiger charge is -2.47.